The van der Waals surface area contributed by atoms with Gasteiger partial charge in [0.25, 0.3) is 0 Å². The van der Waals surface area contributed by atoms with Crippen LogP contribution in [0.25, 0.3) is 0 Å². The van der Waals surface area contributed by atoms with Crippen LogP contribution in [0.2, 0.25) is 0 Å². The number of hydrogen-bond acceptors (Lipinski definition) is 4. The molecule has 0 aromatic heterocycles. The largest absolute Gasteiger partial charge is 0.462 e. The van der Waals surface area contributed by atoms with E-state index >= 15 is 0 Å². The second kappa shape index (κ2) is 7.39. The molecule has 0 radical (unpaired) electrons. The number of rotatable bonds is 4. The fraction of sp³-hybridized carbons (Fsp3) is 0.929. The third kappa shape index (κ3) is 4.16. The van der Waals surface area contributed by atoms with Crippen molar-refractivity contribution in [2.75, 3.05) is 18.1 Å². The number of nitrogens with one attached hydrogen (secondary N) is 1. The van der Waals surface area contributed by atoms with Gasteiger partial charge in [0.05, 0.1) is 6.42 Å². The van der Waals surface area contributed by atoms with Crippen LogP contribution in [0.1, 0.15) is 45.4 Å². The molecule has 3 atom stereocenters. The van der Waals surface area contributed by atoms with Crippen LogP contribution in [0.4, 0.5) is 0 Å². The van der Waals surface area contributed by atoms with Crippen LogP contribution in [-0.4, -0.2) is 36.2 Å². The summed E-state index contributed by atoms with van der Waals surface area (Å²) in [5, 5.41) is 3.39. The Morgan fingerprint density at radius 2 is 2.22 bits per heavy atom. The van der Waals surface area contributed by atoms with Gasteiger partial charge in [-0.3, -0.25) is 4.79 Å². The van der Waals surface area contributed by atoms with Gasteiger partial charge < -0.3 is 10.1 Å². The molecule has 0 spiro atoms. The molecular formula is C14H25NO2S. The minimum absolute atomic E-state index is 0.000324. The van der Waals surface area contributed by atoms with E-state index in [9.17, 15) is 4.79 Å². The first kappa shape index (κ1) is 14.2. The Balaban J connectivity index is 1.75. The lowest BCUT2D eigenvalue weighted by Crippen LogP contribution is -2.40. The zero-order chi connectivity index (χ0) is 12.8. The average molecular weight is 271 g/mol. The summed E-state index contributed by atoms with van der Waals surface area (Å²) in [5.41, 5.74) is 0. The molecule has 0 aromatic rings. The Labute approximate surface area is 114 Å². The molecule has 1 aliphatic carbocycles. The maximum absolute atomic E-state index is 12.0. The molecule has 1 heterocycles. The van der Waals surface area contributed by atoms with E-state index in [4.69, 9.17) is 4.74 Å². The van der Waals surface area contributed by atoms with E-state index in [2.05, 4.69) is 12.2 Å². The predicted octanol–water partition coefficient (Wildman–Crippen LogP) is 2.59. The lowest BCUT2D eigenvalue weighted by atomic mass is 9.85. The highest BCUT2D eigenvalue weighted by Gasteiger charge is 2.28. The first-order chi connectivity index (χ1) is 8.79. The van der Waals surface area contributed by atoms with Crippen molar-refractivity contribution in [3.8, 4) is 0 Å². The summed E-state index contributed by atoms with van der Waals surface area (Å²) in [5.74, 6) is 2.79. The lowest BCUT2D eigenvalue weighted by molar-refractivity contribution is -0.154. The summed E-state index contributed by atoms with van der Waals surface area (Å²) in [6, 6.07) is 0.319. The molecule has 1 saturated heterocycles. The van der Waals surface area contributed by atoms with Gasteiger partial charge in [0.2, 0.25) is 0 Å². The van der Waals surface area contributed by atoms with Crippen molar-refractivity contribution in [3.05, 3.63) is 0 Å². The summed E-state index contributed by atoms with van der Waals surface area (Å²) in [7, 11) is 0. The number of carbonyl (C=O) groups excluding carboxylic acids is 1. The summed E-state index contributed by atoms with van der Waals surface area (Å²) < 4.78 is 5.71. The number of esters is 1. The minimum atomic E-state index is 0.000324. The molecule has 2 rings (SSSR count). The van der Waals surface area contributed by atoms with E-state index in [1.807, 2.05) is 11.8 Å². The van der Waals surface area contributed by atoms with Gasteiger partial charge in [0.1, 0.15) is 6.10 Å². The standard InChI is InChI=1S/C14H25NO2S/c1-2-11-5-3-4-6-13(11)17-14(16)9-12-10-18-8-7-15-12/h11-13,15H,2-10H2,1H3. The van der Waals surface area contributed by atoms with Gasteiger partial charge in [0, 0.05) is 24.1 Å². The molecule has 1 saturated carbocycles. The van der Waals surface area contributed by atoms with E-state index in [-0.39, 0.29) is 12.1 Å². The van der Waals surface area contributed by atoms with Gasteiger partial charge in [-0.25, -0.2) is 0 Å². The molecule has 0 bridgehead atoms. The molecule has 4 heteroatoms. The molecule has 2 fully saturated rings. The Morgan fingerprint density at radius 1 is 1.39 bits per heavy atom. The van der Waals surface area contributed by atoms with Crippen LogP contribution in [0.15, 0.2) is 0 Å². The second-order valence-electron chi connectivity index (χ2n) is 5.41. The van der Waals surface area contributed by atoms with Crippen LogP contribution < -0.4 is 5.32 Å². The van der Waals surface area contributed by atoms with E-state index < -0.39 is 0 Å². The topological polar surface area (TPSA) is 38.3 Å². The monoisotopic (exact) mass is 271 g/mol. The molecule has 0 amide bonds. The molecule has 1 N–H and O–H groups in total. The van der Waals surface area contributed by atoms with E-state index in [0.29, 0.717) is 18.4 Å². The van der Waals surface area contributed by atoms with Gasteiger partial charge in [-0.05, 0) is 31.6 Å². The molecular weight excluding hydrogens is 246 g/mol. The smallest absolute Gasteiger partial charge is 0.307 e. The highest BCUT2D eigenvalue weighted by atomic mass is 32.2. The van der Waals surface area contributed by atoms with Crippen LogP contribution in [0, 0.1) is 5.92 Å². The second-order valence-corrected chi connectivity index (χ2v) is 6.56. The number of ether oxygens (including phenoxy) is 1. The Morgan fingerprint density at radius 3 is 2.94 bits per heavy atom. The summed E-state index contributed by atoms with van der Waals surface area (Å²) >= 11 is 1.93. The SMILES string of the molecule is CCC1CCCCC1OC(=O)CC1CSCCN1. The molecule has 2 aliphatic rings. The van der Waals surface area contributed by atoms with Crippen LogP contribution in [0.3, 0.4) is 0 Å². The van der Waals surface area contributed by atoms with Gasteiger partial charge in [-0.1, -0.05) is 13.3 Å². The third-order valence-electron chi connectivity index (χ3n) is 4.06. The van der Waals surface area contributed by atoms with Crippen molar-refractivity contribution in [2.45, 2.75) is 57.6 Å². The van der Waals surface area contributed by atoms with Crippen molar-refractivity contribution in [3.63, 3.8) is 0 Å². The van der Waals surface area contributed by atoms with Gasteiger partial charge in [0.15, 0.2) is 0 Å². The molecule has 3 unspecified atom stereocenters. The molecule has 3 nitrogen and oxygen atoms in total. The Bertz CT molecular complexity index is 267. The number of hydrogen-bond donors (Lipinski definition) is 1. The van der Waals surface area contributed by atoms with Crippen molar-refractivity contribution in [2.24, 2.45) is 5.92 Å². The van der Waals surface area contributed by atoms with Crippen LogP contribution >= 0.6 is 11.8 Å². The normalized spacial score (nSPS) is 33.1. The van der Waals surface area contributed by atoms with Gasteiger partial charge in [-0.2, -0.15) is 11.8 Å². The summed E-state index contributed by atoms with van der Waals surface area (Å²) in [6.07, 6.45) is 6.67. The maximum atomic E-state index is 12.0. The van der Waals surface area contributed by atoms with Crippen LogP contribution in [0.5, 0.6) is 0 Å². The first-order valence-corrected chi connectivity index (χ1v) is 8.45. The first-order valence-electron chi connectivity index (χ1n) is 7.30. The fourth-order valence-electron chi connectivity index (χ4n) is 2.96. The molecule has 18 heavy (non-hydrogen) atoms. The lowest BCUT2D eigenvalue weighted by Gasteiger charge is -2.31. The van der Waals surface area contributed by atoms with Crippen molar-refractivity contribution >= 4 is 17.7 Å². The minimum Gasteiger partial charge on any atom is -0.462 e. The predicted molar refractivity (Wildman–Crippen MR) is 75.9 cm³/mol. The summed E-state index contributed by atoms with van der Waals surface area (Å²) in [4.78, 5) is 12.0. The van der Waals surface area contributed by atoms with E-state index in [0.717, 1.165) is 30.9 Å². The Hall–Kier alpha value is -0.220. The van der Waals surface area contributed by atoms with Crippen LogP contribution in [-0.2, 0) is 9.53 Å². The van der Waals surface area contributed by atoms with Crippen molar-refractivity contribution in [1.29, 1.82) is 0 Å². The van der Waals surface area contributed by atoms with Crippen molar-refractivity contribution < 1.29 is 9.53 Å². The maximum Gasteiger partial charge on any atom is 0.307 e. The quantitative estimate of drug-likeness (QED) is 0.798. The third-order valence-corrected chi connectivity index (χ3v) is 5.19. The summed E-state index contributed by atoms with van der Waals surface area (Å²) in [6.45, 7) is 3.22. The van der Waals surface area contributed by atoms with Crippen molar-refractivity contribution in [1.82, 2.24) is 5.32 Å². The molecule has 104 valence electrons. The average Bonchev–Trinajstić information content (AvgIpc) is 2.40. The Kier molecular flexibility index (Phi) is 5.83. The van der Waals surface area contributed by atoms with Gasteiger partial charge >= 0.3 is 5.97 Å². The van der Waals surface area contributed by atoms with Gasteiger partial charge in [-0.15, -0.1) is 0 Å². The zero-order valence-electron chi connectivity index (χ0n) is 11.3. The van der Waals surface area contributed by atoms with E-state index in [1.165, 1.54) is 19.3 Å². The molecule has 1 aliphatic heterocycles. The number of carbonyl (C=O) groups is 1. The number of thioether (sulfide) groups is 1. The molecule has 0 aromatic carbocycles. The zero-order valence-corrected chi connectivity index (χ0v) is 12.1. The fourth-order valence-corrected chi connectivity index (χ4v) is 3.91. The van der Waals surface area contributed by atoms with E-state index in [1.54, 1.807) is 0 Å². The highest BCUT2D eigenvalue weighted by molar-refractivity contribution is 7.99. The highest BCUT2D eigenvalue weighted by Crippen LogP contribution is 2.29.